The molecule has 1 amide bonds. The van der Waals surface area contributed by atoms with E-state index in [9.17, 15) is 9.59 Å². The number of hydrogen-bond acceptors (Lipinski definition) is 4. The molecule has 3 aromatic carbocycles. The maximum atomic E-state index is 12.9. The van der Waals surface area contributed by atoms with Gasteiger partial charge in [-0.3, -0.25) is 4.79 Å². The zero-order chi connectivity index (χ0) is 20.9. The lowest BCUT2D eigenvalue weighted by molar-refractivity contribution is -0.133. The zero-order valence-corrected chi connectivity index (χ0v) is 16.5. The van der Waals surface area contributed by atoms with Gasteiger partial charge in [0.2, 0.25) is 0 Å². The molecule has 0 atom stereocenters. The summed E-state index contributed by atoms with van der Waals surface area (Å²) in [7, 11) is 1.77. The lowest BCUT2D eigenvalue weighted by atomic mass is 9.97. The van der Waals surface area contributed by atoms with Crippen LogP contribution in [0.1, 0.15) is 17.2 Å². The summed E-state index contributed by atoms with van der Waals surface area (Å²) in [6.45, 7) is -0.130. The van der Waals surface area contributed by atoms with Gasteiger partial charge >= 0.3 is 5.63 Å². The Morgan fingerprint density at radius 1 is 0.900 bits per heavy atom. The van der Waals surface area contributed by atoms with Gasteiger partial charge in [-0.2, -0.15) is 0 Å². The average molecular weight is 399 g/mol. The minimum Gasteiger partial charge on any atom is -0.484 e. The number of benzene rings is 3. The standard InChI is InChI=1S/C25H21NO4/c1-26(25(19-8-4-2-5-9-19)20-10-6-3-7-11-20)23(27)17-29-21-14-12-18-13-15-24(28)30-22(18)16-21/h2-16,25H,17H2,1H3. The van der Waals surface area contributed by atoms with Gasteiger partial charge in [-0.15, -0.1) is 0 Å². The van der Waals surface area contributed by atoms with E-state index < -0.39 is 5.63 Å². The molecule has 5 nitrogen and oxygen atoms in total. The summed E-state index contributed by atoms with van der Waals surface area (Å²) in [6, 6.07) is 27.8. The number of rotatable bonds is 6. The maximum Gasteiger partial charge on any atom is 0.336 e. The fourth-order valence-electron chi connectivity index (χ4n) is 3.43. The van der Waals surface area contributed by atoms with E-state index in [-0.39, 0.29) is 18.6 Å². The summed E-state index contributed by atoms with van der Waals surface area (Å²) in [6.07, 6.45) is 0. The highest BCUT2D eigenvalue weighted by Crippen LogP contribution is 2.28. The Morgan fingerprint density at radius 2 is 1.50 bits per heavy atom. The first-order valence-electron chi connectivity index (χ1n) is 9.64. The molecule has 4 aromatic rings. The van der Waals surface area contributed by atoms with Crippen molar-refractivity contribution in [1.29, 1.82) is 0 Å². The van der Waals surface area contributed by atoms with E-state index in [4.69, 9.17) is 9.15 Å². The van der Waals surface area contributed by atoms with Crippen LogP contribution in [0, 0.1) is 0 Å². The van der Waals surface area contributed by atoms with Gasteiger partial charge in [0.1, 0.15) is 11.3 Å². The maximum absolute atomic E-state index is 12.9. The van der Waals surface area contributed by atoms with E-state index >= 15 is 0 Å². The molecule has 1 heterocycles. The van der Waals surface area contributed by atoms with Crippen molar-refractivity contribution in [2.24, 2.45) is 0 Å². The Morgan fingerprint density at radius 3 is 2.13 bits per heavy atom. The third-order valence-corrected chi connectivity index (χ3v) is 4.97. The third-order valence-electron chi connectivity index (χ3n) is 4.97. The van der Waals surface area contributed by atoms with Crippen molar-refractivity contribution in [2.75, 3.05) is 13.7 Å². The van der Waals surface area contributed by atoms with Crippen molar-refractivity contribution >= 4 is 16.9 Å². The van der Waals surface area contributed by atoms with Crippen molar-refractivity contribution in [1.82, 2.24) is 4.90 Å². The van der Waals surface area contributed by atoms with Crippen LogP contribution in [0.3, 0.4) is 0 Å². The van der Waals surface area contributed by atoms with E-state index in [0.717, 1.165) is 16.5 Å². The SMILES string of the molecule is CN(C(=O)COc1ccc2ccc(=O)oc2c1)C(c1ccccc1)c1ccccc1. The summed E-state index contributed by atoms with van der Waals surface area (Å²) in [5, 5.41) is 0.790. The summed E-state index contributed by atoms with van der Waals surface area (Å²) in [4.78, 5) is 26.1. The van der Waals surface area contributed by atoms with Crippen LogP contribution in [-0.2, 0) is 4.79 Å². The first-order chi connectivity index (χ1) is 14.6. The summed E-state index contributed by atoms with van der Waals surface area (Å²) >= 11 is 0. The molecule has 5 heteroatoms. The van der Waals surface area contributed by atoms with Crippen LogP contribution in [0.15, 0.2) is 100 Å². The van der Waals surface area contributed by atoms with Crippen molar-refractivity contribution < 1.29 is 13.9 Å². The molecule has 0 N–H and O–H groups in total. The molecule has 0 aliphatic rings. The molecule has 0 saturated heterocycles. The number of carbonyl (C=O) groups is 1. The molecule has 4 rings (SSSR count). The van der Waals surface area contributed by atoms with Gasteiger partial charge in [-0.05, 0) is 29.3 Å². The minimum atomic E-state index is -0.427. The molecule has 0 spiro atoms. The number of carbonyl (C=O) groups excluding carboxylic acids is 1. The molecule has 0 saturated carbocycles. The molecular weight excluding hydrogens is 378 g/mol. The molecule has 30 heavy (non-hydrogen) atoms. The Kier molecular flexibility index (Phi) is 5.61. The van der Waals surface area contributed by atoms with E-state index in [0.29, 0.717) is 11.3 Å². The van der Waals surface area contributed by atoms with Crippen molar-refractivity contribution in [3.63, 3.8) is 0 Å². The molecule has 0 radical (unpaired) electrons. The predicted octanol–water partition coefficient (Wildman–Crippen LogP) is 4.42. The molecule has 150 valence electrons. The van der Waals surface area contributed by atoms with Crippen molar-refractivity contribution in [3.8, 4) is 5.75 Å². The number of ether oxygens (including phenoxy) is 1. The van der Waals surface area contributed by atoms with Crippen LogP contribution in [0.5, 0.6) is 5.75 Å². The Bertz CT molecular complexity index is 1160. The first-order valence-corrected chi connectivity index (χ1v) is 9.64. The molecule has 1 aromatic heterocycles. The normalized spacial score (nSPS) is 10.9. The molecule has 0 aliphatic carbocycles. The highest BCUT2D eigenvalue weighted by atomic mass is 16.5. The minimum absolute atomic E-state index is 0.130. The van der Waals surface area contributed by atoms with Crippen molar-refractivity contribution in [3.05, 3.63) is 113 Å². The fourth-order valence-corrected chi connectivity index (χ4v) is 3.43. The summed E-state index contributed by atoms with van der Waals surface area (Å²) in [5.74, 6) is 0.303. The van der Waals surface area contributed by atoms with Gasteiger partial charge < -0.3 is 14.1 Å². The highest BCUT2D eigenvalue weighted by molar-refractivity contribution is 5.80. The molecule has 0 unspecified atom stereocenters. The highest BCUT2D eigenvalue weighted by Gasteiger charge is 2.23. The third kappa shape index (κ3) is 4.25. The van der Waals surface area contributed by atoms with Crippen LogP contribution in [0.25, 0.3) is 11.0 Å². The lowest BCUT2D eigenvalue weighted by Crippen LogP contribution is -2.35. The summed E-state index contributed by atoms with van der Waals surface area (Å²) in [5.41, 5.74) is 2.04. The van der Waals surface area contributed by atoms with Crippen LogP contribution >= 0.6 is 0 Å². The number of fused-ring (bicyclic) bond motifs is 1. The Hall–Kier alpha value is -3.86. The first kappa shape index (κ1) is 19.5. The van der Waals surface area contributed by atoms with Gasteiger partial charge in [-0.25, -0.2) is 4.79 Å². The average Bonchev–Trinajstić information content (AvgIpc) is 2.78. The monoisotopic (exact) mass is 399 g/mol. The fraction of sp³-hybridized carbons (Fsp3) is 0.120. The number of nitrogens with zero attached hydrogens (tertiary/aromatic N) is 1. The van der Waals surface area contributed by atoms with Gasteiger partial charge in [-0.1, -0.05) is 60.7 Å². The van der Waals surface area contributed by atoms with E-state index in [2.05, 4.69) is 0 Å². The number of hydrogen-bond donors (Lipinski definition) is 0. The van der Waals surface area contributed by atoms with E-state index in [1.807, 2.05) is 60.7 Å². The molecular formula is C25H21NO4. The van der Waals surface area contributed by atoms with Gasteiger partial charge in [0.05, 0.1) is 6.04 Å². The quantitative estimate of drug-likeness (QED) is 0.450. The van der Waals surface area contributed by atoms with Crippen LogP contribution < -0.4 is 10.4 Å². The zero-order valence-electron chi connectivity index (χ0n) is 16.5. The Labute approximate surface area is 174 Å². The van der Waals surface area contributed by atoms with Gasteiger partial charge in [0.25, 0.3) is 5.91 Å². The van der Waals surface area contributed by atoms with Gasteiger partial charge in [0, 0.05) is 24.6 Å². The van der Waals surface area contributed by atoms with Crippen molar-refractivity contribution in [2.45, 2.75) is 6.04 Å². The van der Waals surface area contributed by atoms with Crippen LogP contribution in [0.4, 0.5) is 0 Å². The second-order valence-electron chi connectivity index (χ2n) is 6.97. The smallest absolute Gasteiger partial charge is 0.336 e. The molecule has 0 aliphatic heterocycles. The molecule has 0 fully saturated rings. The van der Waals surface area contributed by atoms with Crippen LogP contribution in [0.2, 0.25) is 0 Å². The molecule has 0 bridgehead atoms. The lowest BCUT2D eigenvalue weighted by Gasteiger charge is -2.29. The largest absolute Gasteiger partial charge is 0.484 e. The summed E-state index contributed by atoms with van der Waals surface area (Å²) < 4.78 is 10.9. The number of likely N-dealkylation sites (N-methyl/N-ethyl adjacent to an activating group) is 1. The second kappa shape index (κ2) is 8.66. The Balaban J connectivity index is 1.53. The van der Waals surface area contributed by atoms with E-state index in [1.165, 1.54) is 6.07 Å². The second-order valence-corrected chi connectivity index (χ2v) is 6.97. The van der Waals surface area contributed by atoms with E-state index in [1.54, 1.807) is 36.2 Å². The topological polar surface area (TPSA) is 59.8 Å². The van der Waals surface area contributed by atoms with Gasteiger partial charge in [0.15, 0.2) is 6.61 Å². The number of amides is 1. The predicted molar refractivity (Wildman–Crippen MR) is 115 cm³/mol. The van der Waals surface area contributed by atoms with Crippen LogP contribution in [-0.4, -0.2) is 24.5 Å².